The van der Waals surface area contributed by atoms with Crippen LogP contribution in [0.4, 0.5) is 10.1 Å². The molecule has 1 aliphatic heterocycles. The monoisotopic (exact) mass is 236 g/mol. The van der Waals surface area contributed by atoms with Crippen LogP contribution in [0.3, 0.4) is 0 Å². The van der Waals surface area contributed by atoms with Crippen LogP contribution in [0, 0.1) is 5.82 Å². The minimum atomic E-state index is -0.114. The summed E-state index contributed by atoms with van der Waals surface area (Å²) in [6, 6.07) is 7.03. The number of hydrogen-bond acceptors (Lipinski definition) is 2. The molecule has 1 aliphatic rings. The van der Waals surface area contributed by atoms with Gasteiger partial charge >= 0.3 is 0 Å². The molecule has 1 heterocycles. The van der Waals surface area contributed by atoms with Gasteiger partial charge in [-0.1, -0.05) is 12.1 Å². The van der Waals surface area contributed by atoms with E-state index in [2.05, 4.69) is 30.6 Å². The van der Waals surface area contributed by atoms with Crippen LogP contribution >= 0.6 is 0 Å². The van der Waals surface area contributed by atoms with E-state index >= 15 is 0 Å². The first-order valence-electron chi connectivity index (χ1n) is 6.23. The maximum absolute atomic E-state index is 13.6. The third-order valence-electron chi connectivity index (χ3n) is 3.42. The molecule has 1 saturated heterocycles. The Kier molecular flexibility index (Phi) is 3.38. The lowest BCUT2D eigenvalue weighted by atomic mass is 10.0. The summed E-state index contributed by atoms with van der Waals surface area (Å²) in [5.41, 5.74) is 0.947. The van der Waals surface area contributed by atoms with Gasteiger partial charge in [-0.25, -0.2) is 4.39 Å². The van der Waals surface area contributed by atoms with Crippen molar-refractivity contribution in [3.63, 3.8) is 0 Å². The van der Waals surface area contributed by atoms with Crippen molar-refractivity contribution in [3.8, 4) is 0 Å². The van der Waals surface area contributed by atoms with Gasteiger partial charge in [0.15, 0.2) is 0 Å². The van der Waals surface area contributed by atoms with Crippen LogP contribution < -0.4 is 4.90 Å². The summed E-state index contributed by atoms with van der Waals surface area (Å²) < 4.78 is 13.6. The molecule has 0 unspecified atom stereocenters. The molecule has 94 valence electrons. The maximum Gasteiger partial charge on any atom is 0.146 e. The summed E-state index contributed by atoms with van der Waals surface area (Å²) in [4.78, 5) is 4.59. The van der Waals surface area contributed by atoms with E-state index in [0.717, 1.165) is 31.9 Å². The number of rotatable bonds is 1. The molecule has 0 atom stereocenters. The minimum Gasteiger partial charge on any atom is -0.367 e. The molecule has 0 aliphatic carbocycles. The van der Waals surface area contributed by atoms with E-state index in [9.17, 15) is 4.39 Å². The number of hydrogen-bond donors (Lipinski definition) is 0. The lowest BCUT2D eigenvalue weighted by Crippen LogP contribution is -2.53. The second-order valence-corrected chi connectivity index (χ2v) is 5.60. The van der Waals surface area contributed by atoms with E-state index in [1.165, 1.54) is 6.07 Å². The molecule has 0 spiro atoms. The van der Waals surface area contributed by atoms with E-state index in [1.807, 2.05) is 12.1 Å². The van der Waals surface area contributed by atoms with Crippen LogP contribution in [0.1, 0.15) is 20.8 Å². The van der Waals surface area contributed by atoms with Crippen molar-refractivity contribution in [1.29, 1.82) is 0 Å². The average molecular weight is 236 g/mol. The van der Waals surface area contributed by atoms with Crippen molar-refractivity contribution >= 4 is 5.69 Å². The predicted octanol–water partition coefficient (Wildman–Crippen LogP) is 2.75. The Hall–Kier alpha value is -1.09. The highest BCUT2D eigenvalue weighted by molar-refractivity contribution is 5.48. The van der Waals surface area contributed by atoms with Crippen LogP contribution in [0.5, 0.6) is 0 Å². The van der Waals surface area contributed by atoms with Crippen molar-refractivity contribution in [3.05, 3.63) is 30.1 Å². The molecule has 0 aromatic heterocycles. The van der Waals surface area contributed by atoms with Gasteiger partial charge < -0.3 is 4.90 Å². The molecule has 2 rings (SSSR count). The zero-order valence-corrected chi connectivity index (χ0v) is 10.9. The predicted molar refractivity (Wildman–Crippen MR) is 69.9 cm³/mol. The van der Waals surface area contributed by atoms with Crippen molar-refractivity contribution in [2.75, 3.05) is 31.1 Å². The fourth-order valence-corrected chi connectivity index (χ4v) is 2.33. The molecule has 3 heteroatoms. The Morgan fingerprint density at radius 2 is 1.59 bits per heavy atom. The van der Waals surface area contributed by atoms with E-state index in [0.29, 0.717) is 0 Å². The molecule has 0 saturated carbocycles. The van der Waals surface area contributed by atoms with Gasteiger partial charge in [0.05, 0.1) is 5.69 Å². The number of piperazine rings is 1. The Bertz CT molecular complexity index is 376. The lowest BCUT2D eigenvalue weighted by Gasteiger charge is -2.43. The Morgan fingerprint density at radius 3 is 2.12 bits per heavy atom. The SMILES string of the molecule is CC(C)(C)N1CCN(c2ccccc2F)CC1. The number of halogens is 1. The smallest absolute Gasteiger partial charge is 0.146 e. The molecular formula is C14H21FN2. The molecular weight excluding hydrogens is 215 g/mol. The van der Waals surface area contributed by atoms with E-state index in [-0.39, 0.29) is 11.4 Å². The van der Waals surface area contributed by atoms with Crippen molar-refractivity contribution in [2.24, 2.45) is 0 Å². The van der Waals surface area contributed by atoms with Gasteiger partial charge in [0.25, 0.3) is 0 Å². The fraction of sp³-hybridized carbons (Fsp3) is 0.571. The van der Waals surface area contributed by atoms with Crippen LogP contribution in [0.2, 0.25) is 0 Å². The largest absolute Gasteiger partial charge is 0.367 e. The number of anilines is 1. The number of para-hydroxylation sites is 1. The van der Waals surface area contributed by atoms with Gasteiger partial charge in [0.2, 0.25) is 0 Å². The van der Waals surface area contributed by atoms with Crippen LogP contribution in [0.25, 0.3) is 0 Å². The highest BCUT2D eigenvalue weighted by Gasteiger charge is 2.26. The summed E-state index contributed by atoms with van der Waals surface area (Å²) in [7, 11) is 0. The summed E-state index contributed by atoms with van der Waals surface area (Å²) in [6.07, 6.45) is 0. The summed E-state index contributed by atoms with van der Waals surface area (Å²) >= 11 is 0. The second-order valence-electron chi connectivity index (χ2n) is 5.60. The van der Waals surface area contributed by atoms with Crippen molar-refractivity contribution in [2.45, 2.75) is 26.3 Å². The molecule has 1 aromatic rings. The van der Waals surface area contributed by atoms with Gasteiger partial charge in [-0.05, 0) is 32.9 Å². The quantitative estimate of drug-likeness (QED) is 0.740. The Labute approximate surface area is 103 Å². The van der Waals surface area contributed by atoms with E-state index < -0.39 is 0 Å². The summed E-state index contributed by atoms with van der Waals surface area (Å²) in [5.74, 6) is -0.114. The van der Waals surface area contributed by atoms with Crippen LogP contribution in [-0.4, -0.2) is 36.6 Å². The van der Waals surface area contributed by atoms with Crippen LogP contribution in [-0.2, 0) is 0 Å². The molecule has 1 aromatic carbocycles. The molecule has 0 radical (unpaired) electrons. The molecule has 1 fully saturated rings. The summed E-state index contributed by atoms with van der Waals surface area (Å²) in [6.45, 7) is 10.5. The van der Waals surface area contributed by atoms with Crippen molar-refractivity contribution in [1.82, 2.24) is 4.90 Å². The molecule has 0 bridgehead atoms. The highest BCUT2D eigenvalue weighted by atomic mass is 19.1. The highest BCUT2D eigenvalue weighted by Crippen LogP contribution is 2.22. The minimum absolute atomic E-state index is 0.114. The topological polar surface area (TPSA) is 6.48 Å². The van der Waals surface area contributed by atoms with Gasteiger partial charge in [-0.2, -0.15) is 0 Å². The third-order valence-corrected chi connectivity index (χ3v) is 3.42. The van der Waals surface area contributed by atoms with Crippen LogP contribution in [0.15, 0.2) is 24.3 Å². The van der Waals surface area contributed by atoms with E-state index in [1.54, 1.807) is 6.07 Å². The van der Waals surface area contributed by atoms with Gasteiger partial charge in [-0.3, -0.25) is 4.90 Å². The number of benzene rings is 1. The second kappa shape index (κ2) is 4.65. The Morgan fingerprint density at radius 1 is 1.00 bits per heavy atom. The lowest BCUT2D eigenvalue weighted by molar-refractivity contribution is 0.128. The first kappa shape index (κ1) is 12.4. The van der Waals surface area contributed by atoms with Gasteiger partial charge in [0.1, 0.15) is 5.82 Å². The molecule has 2 nitrogen and oxygen atoms in total. The van der Waals surface area contributed by atoms with Gasteiger partial charge in [-0.15, -0.1) is 0 Å². The average Bonchev–Trinajstić information content (AvgIpc) is 2.29. The maximum atomic E-state index is 13.6. The van der Waals surface area contributed by atoms with E-state index in [4.69, 9.17) is 0 Å². The first-order valence-corrected chi connectivity index (χ1v) is 6.23. The number of nitrogens with zero attached hydrogens (tertiary/aromatic N) is 2. The molecule has 0 N–H and O–H groups in total. The fourth-order valence-electron chi connectivity index (χ4n) is 2.33. The zero-order chi connectivity index (χ0) is 12.5. The first-order chi connectivity index (χ1) is 7.98. The normalized spacial score (nSPS) is 18.5. The third kappa shape index (κ3) is 2.78. The van der Waals surface area contributed by atoms with Crippen molar-refractivity contribution < 1.29 is 4.39 Å². The summed E-state index contributed by atoms with van der Waals surface area (Å²) in [5, 5.41) is 0. The molecule has 17 heavy (non-hydrogen) atoms. The zero-order valence-electron chi connectivity index (χ0n) is 10.9. The molecule has 0 amide bonds. The Balaban J connectivity index is 2.03. The standard InChI is InChI=1S/C14H21FN2/c1-14(2,3)17-10-8-16(9-11-17)13-7-5-4-6-12(13)15/h4-7H,8-11H2,1-3H3. The van der Waals surface area contributed by atoms with Gasteiger partial charge in [0, 0.05) is 31.7 Å².